The molecule has 2 heterocycles. The average Bonchev–Trinajstić information content (AvgIpc) is 3.13. The van der Waals surface area contributed by atoms with Crippen molar-refractivity contribution in [3.8, 4) is 0 Å². The molecule has 3 rings (SSSR count). The molecule has 1 aliphatic rings. The zero-order valence-corrected chi connectivity index (χ0v) is 16.1. The summed E-state index contributed by atoms with van der Waals surface area (Å²) in [6.07, 6.45) is 4.55. The fraction of sp³-hybridized carbons (Fsp3) is 0.500. The van der Waals surface area contributed by atoms with Crippen LogP contribution >= 0.6 is 23.1 Å². The van der Waals surface area contributed by atoms with Crippen molar-refractivity contribution in [2.45, 2.75) is 49.5 Å². The van der Waals surface area contributed by atoms with E-state index in [0.29, 0.717) is 11.8 Å². The van der Waals surface area contributed by atoms with E-state index in [4.69, 9.17) is 0 Å². The maximum atomic E-state index is 12.5. The van der Waals surface area contributed by atoms with Gasteiger partial charge in [0, 0.05) is 19.1 Å². The number of nitrogens with zero attached hydrogens (tertiary/aromatic N) is 3. The maximum Gasteiger partial charge on any atom is 0.233 e. The smallest absolute Gasteiger partial charge is 0.233 e. The molecule has 5 nitrogen and oxygen atoms in total. The van der Waals surface area contributed by atoms with Crippen molar-refractivity contribution in [2.24, 2.45) is 0 Å². The van der Waals surface area contributed by atoms with Gasteiger partial charge in [0.2, 0.25) is 11.0 Å². The number of benzene rings is 1. The van der Waals surface area contributed by atoms with Crippen LogP contribution in [-0.2, 0) is 11.3 Å². The van der Waals surface area contributed by atoms with E-state index in [2.05, 4.69) is 39.5 Å². The van der Waals surface area contributed by atoms with Crippen LogP contribution in [0.2, 0.25) is 0 Å². The summed E-state index contributed by atoms with van der Waals surface area (Å²) in [6, 6.07) is 10.6. The third-order valence-electron chi connectivity index (χ3n) is 4.43. The molecule has 0 saturated carbocycles. The highest BCUT2D eigenvalue weighted by molar-refractivity contribution is 8.01. The molecule has 0 bridgehead atoms. The molecule has 0 spiro atoms. The van der Waals surface area contributed by atoms with Gasteiger partial charge in [-0.2, -0.15) is 0 Å². The minimum atomic E-state index is 0.227. The standard InChI is InChI=1S/C18H24N4OS2/c1-2-15-10-6-7-11-22(15)16(23)13-24-18-21-20-17(25-18)19-12-14-8-4-3-5-9-14/h3-5,8-9,15H,2,6-7,10-13H2,1H3,(H,19,20). The summed E-state index contributed by atoms with van der Waals surface area (Å²) in [4.78, 5) is 14.6. The zero-order chi connectivity index (χ0) is 17.5. The van der Waals surface area contributed by atoms with Crippen LogP contribution in [0.25, 0.3) is 0 Å². The van der Waals surface area contributed by atoms with Crippen molar-refractivity contribution < 1.29 is 4.79 Å². The van der Waals surface area contributed by atoms with Crippen LogP contribution in [0.15, 0.2) is 34.7 Å². The number of likely N-dealkylation sites (tertiary alicyclic amines) is 1. The summed E-state index contributed by atoms with van der Waals surface area (Å²) in [5.74, 6) is 0.676. The van der Waals surface area contributed by atoms with Crippen LogP contribution < -0.4 is 5.32 Å². The first-order chi connectivity index (χ1) is 12.3. The van der Waals surface area contributed by atoms with Crippen molar-refractivity contribution in [2.75, 3.05) is 17.6 Å². The number of aromatic nitrogens is 2. The van der Waals surface area contributed by atoms with Gasteiger partial charge >= 0.3 is 0 Å². The lowest BCUT2D eigenvalue weighted by Crippen LogP contribution is -2.44. The van der Waals surface area contributed by atoms with Crippen molar-refractivity contribution >= 4 is 34.1 Å². The molecule has 25 heavy (non-hydrogen) atoms. The summed E-state index contributed by atoms with van der Waals surface area (Å²) in [6.45, 7) is 3.79. The number of anilines is 1. The minimum absolute atomic E-state index is 0.227. The first kappa shape index (κ1) is 18.2. The lowest BCUT2D eigenvalue weighted by atomic mass is 10.0. The molecule has 1 aromatic heterocycles. The molecule has 1 aliphatic heterocycles. The topological polar surface area (TPSA) is 58.1 Å². The number of carbonyl (C=O) groups excluding carboxylic acids is 1. The van der Waals surface area contributed by atoms with Crippen molar-refractivity contribution in [1.29, 1.82) is 0 Å². The predicted octanol–water partition coefficient (Wildman–Crippen LogP) is 4.03. The Balaban J connectivity index is 1.47. The predicted molar refractivity (Wildman–Crippen MR) is 104 cm³/mol. The first-order valence-electron chi connectivity index (χ1n) is 8.80. The van der Waals surface area contributed by atoms with E-state index in [1.165, 1.54) is 35.1 Å². The molecule has 1 unspecified atom stereocenters. The van der Waals surface area contributed by atoms with Gasteiger partial charge < -0.3 is 10.2 Å². The van der Waals surface area contributed by atoms with Crippen LogP contribution in [0, 0.1) is 0 Å². The van der Waals surface area contributed by atoms with Crippen LogP contribution in [0.1, 0.15) is 38.2 Å². The second kappa shape index (κ2) is 9.20. The van der Waals surface area contributed by atoms with Gasteiger partial charge in [-0.15, -0.1) is 10.2 Å². The van der Waals surface area contributed by atoms with Gasteiger partial charge in [0.25, 0.3) is 0 Å². The Kier molecular flexibility index (Phi) is 6.69. The number of thioether (sulfide) groups is 1. The lowest BCUT2D eigenvalue weighted by Gasteiger charge is -2.35. The molecule has 2 aromatic rings. The minimum Gasteiger partial charge on any atom is -0.356 e. The molecule has 1 N–H and O–H groups in total. The average molecular weight is 377 g/mol. The van der Waals surface area contributed by atoms with Crippen LogP contribution in [0.3, 0.4) is 0 Å². The summed E-state index contributed by atoms with van der Waals surface area (Å²) in [7, 11) is 0. The number of piperidine rings is 1. The van der Waals surface area contributed by atoms with Crippen LogP contribution in [0.5, 0.6) is 0 Å². The molecule has 1 amide bonds. The van der Waals surface area contributed by atoms with Crippen molar-refractivity contribution in [3.05, 3.63) is 35.9 Å². The summed E-state index contributed by atoms with van der Waals surface area (Å²) >= 11 is 3.00. The molecule has 7 heteroatoms. The fourth-order valence-electron chi connectivity index (χ4n) is 3.07. The monoisotopic (exact) mass is 376 g/mol. The fourth-order valence-corrected chi connectivity index (χ4v) is 4.71. The van der Waals surface area contributed by atoms with Gasteiger partial charge in [0.15, 0.2) is 4.34 Å². The van der Waals surface area contributed by atoms with Gasteiger partial charge in [-0.25, -0.2) is 0 Å². The van der Waals surface area contributed by atoms with Gasteiger partial charge in [0.05, 0.1) is 5.75 Å². The van der Waals surface area contributed by atoms with E-state index in [1.54, 1.807) is 0 Å². The molecule has 1 fully saturated rings. The molecule has 1 aromatic carbocycles. The number of nitrogens with one attached hydrogen (secondary N) is 1. The Morgan fingerprint density at radius 1 is 1.32 bits per heavy atom. The van der Waals surface area contributed by atoms with E-state index < -0.39 is 0 Å². The third-order valence-corrected chi connectivity index (χ3v) is 6.43. The Labute approximate surface area is 157 Å². The maximum absolute atomic E-state index is 12.5. The highest BCUT2D eigenvalue weighted by Gasteiger charge is 2.25. The Hall–Kier alpha value is -1.60. The molecule has 0 aliphatic carbocycles. The molecule has 1 atom stereocenters. The molecule has 134 valence electrons. The summed E-state index contributed by atoms with van der Waals surface area (Å²) in [5, 5.41) is 12.4. The van der Waals surface area contributed by atoms with E-state index in [-0.39, 0.29) is 5.91 Å². The van der Waals surface area contributed by atoms with Gasteiger partial charge in [-0.1, -0.05) is 60.4 Å². The number of amides is 1. The number of carbonyl (C=O) groups is 1. The van der Waals surface area contributed by atoms with Gasteiger partial charge in [0.1, 0.15) is 0 Å². The van der Waals surface area contributed by atoms with E-state index in [1.807, 2.05) is 18.2 Å². The molecular weight excluding hydrogens is 352 g/mol. The highest BCUT2D eigenvalue weighted by atomic mass is 32.2. The molecular formula is C18H24N4OS2. The Morgan fingerprint density at radius 3 is 2.96 bits per heavy atom. The SMILES string of the molecule is CCC1CCCCN1C(=O)CSc1nnc(NCc2ccccc2)s1. The zero-order valence-electron chi connectivity index (χ0n) is 14.5. The van der Waals surface area contributed by atoms with Gasteiger partial charge in [-0.3, -0.25) is 4.79 Å². The van der Waals surface area contributed by atoms with E-state index >= 15 is 0 Å². The highest BCUT2D eigenvalue weighted by Crippen LogP contribution is 2.27. The van der Waals surface area contributed by atoms with Gasteiger partial charge in [-0.05, 0) is 31.2 Å². The summed E-state index contributed by atoms with van der Waals surface area (Å²) < 4.78 is 0.842. The van der Waals surface area contributed by atoms with E-state index in [9.17, 15) is 4.79 Å². The van der Waals surface area contributed by atoms with Crippen LogP contribution in [-0.4, -0.2) is 39.3 Å². The third kappa shape index (κ3) is 5.19. The lowest BCUT2D eigenvalue weighted by molar-refractivity contribution is -0.132. The largest absolute Gasteiger partial charge is 0.356 e. The Bertz CT molecular complexity index is 677. The number of hydrogen-bond donors (Lipinski definition) is 1. The molecule has 0 radical (unpaired) electrons. The normalized spacial score (nSPS) is 17.5. The van der Waals surface area contributed by atoms with Crippen molar-refractivity contribution in [1.82, 2.24) is 15.1 Å². The first-order valence-corrected chi connectivity index (χ1v) is 10.6. The molecule has 1 saturated heterocycles. The second-order valence-corrected chi connectivity index (χ2v) is 8.35. The van der Waals surface area contributed by atoms with E-state index in [0.717, 1.165) is 41.8 Å². The number of hydrogen-bond acceptors (Lipinski definition) is 6. The summed E-state index contributed by atoms with van der Waals surface area (Å²) in [5.41, 5.74) is 1.21. The number of rotatable bonds is 7. The Morgan fingerprint density at radius 2 is 2.16 bits per heavy atom. The van der Waals surface area contributed by atoms with Crippen LogP contribution in [0.4, 0.5) is 5.13 Å². The van der Waals surface area contributed by atoms with Crippen molar-refractivity contribution in [3.63, 3.8) is 0 Å². The second-order valence-electron chi connectivity index (χ2n) is 6.15. The quantitative estimate of drug-likeness (QED) is 0.739.